The molecule has 1 unspecified atom stereocenters. The fraction of sp³-hybridized carbons (Fsp3) is 0.643. The third-order valence-electron chi connectivity index (χ3n) is 4.83. The van der Waals surface area contributed by atoms with E-state index in [1.165, 1.54) is 0 Å². The van der Waals surface area contributed by atoms with Gasteiger partial charge in [0.15, 0.2) is 0 Å². The minimum atomic E-state index is -0.306. The molecule has 0 radical (unpaired) electrons. The monoisotopic (exact) mass is 275 g/mol. The van der Waals surface area contributed by atoms with Crippen LogP contribution >= 0.6 is 0 Å². The van der Waals surface area contributed by atoms with Crippen LogP contribution in [-0.2, 0) is 9.31 Å². The molecule has 1 atom stereocenters. The quantitative estimate of drug-likeness (QED) is 0.736. The Morgan fingerprint density at radius 2 is 1.85 bits per heavy atom. The van der Waals surface area contributed by atoms with Crippen LogP contribution in [0, 0.1) is 0 Å². The number of allylic oxidation sites excluding steroid dienone is 2. The lowest BCUT2D eigenvalue weighted by Crippen LogP contribution is -2.41. The molecule has 0 saturated carbocycles. The van der Waals surface area contributed by atoms with Crippen molar-refractivity contribution in [3.8, 4) is 0 Å². The van der Waals surface area contributed by atoms with Gasteiger partial charge in [-0.25, -0.2) is 0 Å². The van der Waals surface area contributed by atoms with Gasteiger partial charge in [-0.3, -0.25) is 5.01 Å². The van der Waals surface area contributed by atoms with E-state index in [9.17, 15) is 0 Å². The van der Waals surface area contributed by atoms with Gasteiger partial charge in [-0.2, -0.15) is 5.10 Å². The Morgan fingerprint density at radius 1 is 1.25 bits per heavy atom. The van der Waals surface area contributed by atoms with E-state index in [1.807, 2.05) is 18.1 Å². The van der Waals surface area contributed by atoms with Crippen molar-refractivity contribution in [2.24, 2.45) is 10.8 Å². The van der Waals surface area contributed by atoms with Crippen molar-refractivity contribution in [2.45, 2.75) is 51.4 Å². The maximum absolute atomic E-state index is 6.11. The zero-order valence-corrected chi connectivity index (χ0v) is 12.8. The molecule has 0 aromatic heterocycles. The first-order valence-electron chi connectivity index (χ1n) is 7.05. The lowest BCUT2D eigenvalue weighted by molar-refractivity contribution is 0.00578. The third kappa shape index (κ3) is 1.90. The molecule has 0 bridgehead atoms. The molecule has 1 saturated heterocycles. The van der Waals surface area contributed by atoms with Crippen LogP contribution in [0.5, 0.6) is 0 Å². The highest BCUT2D eigenvalue weighted by molar-refractivity contribution is 6.54. The van der Waals surface area contributed by atoms with Crippen molar-refractivity contribution >= 4 is 13.0 Å². The third-order valence-corrected chi connectivity index (χ3v) is 4.83. The Kier molecular flexibility index (Phi) is 2.82. The molecule has 0 aromatic rings. The van der Waals surface area contributed by atoms with Crippen molar-refractivity contribution < 1.29 is 9.31 Å². The number of hydrogen-bond acceptors (Lipinski definition) is 5. The highest BCUT2D eigenvalue weighted by Crippen LogP contribution is 2.40. The summed E-state index contributed by atoms with van der Waals surface area (Å²) in [4.78, 5) is 0. The number of hydrogen-bond donors (Lipinski definition) is 1. The molecule has 6 heteroatoms. The van der Waals surface area contributed by atoms with Crippen LogP contribution in [0.3, 0.4) is 0 Å². The summed E-state index contributed by atoms with van der Waals surface area (Å²) in [5, 5.41) is 6.21. The number of nitrogens with two attached hydrogens (primary N) is 1. The average Bonchev–Trinajstić information content (AvgIpc) is 2.74. The number of nitrogens with zero attached hydrogens (tertiary/aromatic N) is 2. The second kappa shape index (κ2) is 4.12. The first kappa shape index (κ1) is 13.7. The number of likely N-dealkylation sites (N-methyl/N-ethyl adjacent to an activating group) is 1. The van der Waals surface area contributed by atoms with Gasteiger partial charge in [-0.05, 0) is 39.6 Å². The van der Waals surface area contributed by atoms with Crippen molar-refractivity contribution in [3.05, 3.63) is 23.2 Å². The molecule has 0 spiro atoms. The molecule has 1 aliphatic carbocycles. The zero-order chi connectivity index (χ0) is 14.7. The number of fused-ring (bicyclic) bond motifs is 1. The van der Waals surface area contributed by atoms with Crippen molar-refractivity contribution in [2.75, 3.05) is 7.05 Å². The molecule has 2 heterocycles. The Morgan fingerprint density at radius 3 is 2.45 bits per heavy atom. The van der Waals surface area contributed by atoms with Crippen LogP contribution in [0.25, 0.3) is 0 Å². The van der Waals surface area contributed by atoms with Gasteiger partial charge in [0.2, 0.25) is 0 Å². The zero-order valence-electron chi connectivity index (χ0n) is 12.8. The van der Waals surface area contributed by atoms with E-state index in [-0.39, 0.29) is 24.4 Å². The largest absolute Gasteiger partial charge is 0.490 e. The molecule has 2 aliphatic heterocycles. The summed E-state index contributed by atoms with van der Waals surface area (Å²) in [7, 11) is 1.67. The standard InChI is InChI=1S/C14H22BN3O2/c1-13(2)14(3,4)20-15(19-13)9-6-7-10-11(8-9)18(5)17-12(10)16/h6-7,11H,8H2,1-5H3,(H2,16,17). The summed E-state index contributed by atoms with van der Waals surface area (Å²) >= 11 is 0. The lowest BCUT2D eigenvalue weighted by atomic mass is 9.71. The van der Waals surface area contributed by atoms with Gasteiger partial charge < -0.3 is 15.0 Å². The van der Waals surface area contributed by atoms with E-state index in [2.05, 4.69) is 38.9 Å². The Hall–Kier alpha value is -1.27. The van der Waals surface area contributed by atoms with E-state index >= 15 is 0 Å². The van der Waals surface area contributed by atoms with Gasteiger partial charge in [0.25, 0.3) is 0 Å². The predicted molar refractivity (Wildman–Crippen MR) is 80.0 cm³/mol. The molecule has 0 amide bonds. The van der Waals surface area contributed by atoms with Gasteiger partial charge in [0, 0.05) is 12.6 Å². The van der Waals surface area contributed by atoms with E-state index in [0.717, 1.165) is 17.5 Å². The second-order valence-corrected chi connectivity index (χ2v) is 6.73. The summed E-state index contributed by atoms with van der Waals surface area (Å²) in [5.41, 5.74) is 7.54. The molecule has 1 fully saturated rings. The van der Waals surface area contributed by atoms with Gasteiger partial charge in [-0.15, -0.1) is 0 Å². The van der Waals surface area contributed by atoms with E-state index < -0.39 is 0 Å². The fourth-order valence-corrected chi connectivity index (χ4v) is 2.77. The smallest absolute Gasteiger partial charge is 0.400 e. The van der Waals surface area contributed by atoms with Gasteiger partial charge in [0.1, 0.15) is 5.84 Å². The number of amidine groups is 1. The van der Waals surface area contributed by atoms with Crippen LogP contribution < -0.4 is 5.73 Å². The lowest BCUT2D eigenvalue weighted by Gasteiger charge is -2.32. The van der Waals surface area contributed by atoms with E-state index in [1.54, 1.807) is 0 Å². The molecule has 5 nitrogen and oxygen atoms in total. The van der Waals surface area contributed by atoms with Crippen molar-refractivity contribution in [3.63, 3.8) is 0 Å². The molecule has 0 aromatic carbocycles. The topological polar surface area (TPSA) is 60.1 Å². The minimum Gasteiger partial charge on any atom is -0.400 e. The summed E-state index contributed by atoms with van der Waals surface area (Å²) in [6, 6.07) is 0.203. The van der Waals surface area contributed by atoms with Gasteiger partial charge in [0.05, 0.1) is 17.2 Å². The van der Waals surface area contributed by atoms with Crippen molar-refractivity contribution in [1.82, 2.24) is 5.01 Å². The maximum atomic E-state index is 6.11. The molecule has 108 valence electrons. The first-order chi connectivity index (χ1) is 9.21. The SMILES string of the molecule is CN1N=C(N)C2=CC=C(B3OC(C)(C)C(C)(C)O3)CC21. The molecule has 20 heavy (non-hydrogen) atoms. The Bertz CT molecular complexity index is 521. The normalized spacial score (nSPS) is 30.9. The van der Waals surface area contributed by atoms with E-state index in [4.69, 9.17) is 15.0 Å². The Balaban J connectivity index is 1.83. The molecule has 3 rings (SSSR count). The summed E-state index contributed by atoms with van der Waals surface area (Å²) in [6.07, 6.45) is 4.94. The van der Waals surface area contributed by atoms with Crippen LogP contribution in [0.1, 0.15) is 34.1 Å². The number of rotatable bonds is 1. The van der Waals surface area contributed by atoms with Crippen LogP contribution in [0.15, 0.2) is 28.3 Å². The van der Waals surface area contributed by atoms with Crippen LogP contribution in [0.2, 0.25) is 0 Å². The second-order valence-electron chi connectivity index (χ2n) is 6.73. The number of hydrazone groups is 1. The van der Waals surface area contributed by atoms with Crippen molar-refractivity contribution in [1.29, 1.82) is 0 Å². The molecular formula is C14H22BN3O2. The summed E-state index contributed by atoms with van der Waals surface area (Å²) in [6.45, 7) is 8.28. The summed E-state index contributed by atoms with van der Waals surface area (Å²) < 4.78 is 12.2. The summed E-state index contributed by atoms with van der Waals surface area (Å²) in [5.74, 6) is 0.613. The average molecular weight is 275 g/mol. The molecular weight excluding hydrogens is 253 g/mol. The van der Waals surface area contributed by atoms with Gasteiger partial charge in [-0.1, -0.05) is 12.2 Å². The maximum Gasteiger partial charge on any atom is 0.490 e. The van der Waals surface area contributed by atoms with Gasteiger partial charge >= 0.3 is 7.12 Å². The first-order valence-corrected chi connectivity index (χ1v) is 7.05. The highest BCUT2D eigenvalue weighted by atomic mass is 16.7. The molecule has 2 N–H and O–H groups in total. The highest BCUT2D eigenvalue weighted by Gasteiger charge is 2.53. The fourth-order valence-electron chi connectivity index (χ4n) is 2.77. The van der Waals surface area contributed by atoms with E-state index in [0.29, 0.717) is 5.84 Å². The Labute approximate surface area is 120 Å². The minimum absolute atomic E-state index is 0.203. The predicted octanol–water partition coefficient (Wildman–Crippen LogP) is 1.46. The van der Waals surface area contributed by atoms with Crippen LogP contribution in [-0.4, -0.2) is 42.3 Å². The van der Waals surface area contributed by atoms with Crippen LogP contribution in [0.4, 0.5) is 0 Å². The molecule has 3 aliphatic rings.